The van der Waals surface area contributed by atoms with E-state index in [9.17, 15) is 22.8 Å². The molecule has 17 heteroatoms. The second kappa shape index (κ2) is 19.3. The summed E-state index contributed by atoms with van der Waals surface area (Å²) in [6, 6.07) is 5.98. The molecule has 0 saturated heterocycles. The number of amides is 2. The standard InChI is InChI=1S/C25H35N5O11S/c1-2-41-20-4-3-5-21(14-20)42(35,36)30-25-28-15-19(16-29-25)24(34)27-7-9-38-10-12-39-17-22(31)26-6-8-37-11-13-40-18-23(32)33/h3-5,14-16H,2,6-13,17-18H2,1H3,(H,26,31)(H,27,34)(H,32,33)(H,28,29,30). The van der Waals surface area contributed by atoms with E-state index in [1.165, 1.54) is 24.5 Å². The van der Waals surface area contributed by atoms with Gasteiger partial charge in [0.25, 0.3) is 15.9 Å². The van der Waals surface area contributed by atoms with E-state index in [0.29, 0.717) is 12.4 Å². The molecule has 0 aliphatic rings. The largest absolute Gasteiger partial charge is 0.494 e. The van der Waals surface area contributed by atoms with Gasteiger partial charge in [-0.15, -0.1) is 0 Å². The Balaban J connectivity index is 1.54. The van der Waals surface area contributed by atoms with E-state index < -0.39 is 21.9 Å². The predicted molar refractivity (Wildman–Crippen MR) is 147 cm³/mol. The first kappa shape index (κ1) is 34.3. The number of hydrogen-bond donors (Lipinski definition) is 4. The summed E-state index contributed by atoms with van der Waals surface area (Å²) < 4.78 is 53.3. The van der Waals surface area contributed by atoms with Crippen molar-refractivity contribution in [3.8, 4) is 5.75 Å². The summed E-state index contributed by atoms with van der Waals surface area (Å²) in [5.74, 6) is -1.64. The van der Waals surface area contributed by atoms with Crippen LogP contribution >= 0.6 is 0 Å². The van der Waals surface area contributed by atoms with Crippen LogP contribution in [0.1, 0.15) is 17.3 Å². The van der Waals surface area contributed by atoms with Crippen molar-refractivity contribution < 1.29 is 51.6 Å². The van der Waals surface area contributed by atoms with Gasteiger partial charge in [0.05, 0.1) is 56.7 Å². The number of ether oxygens (including phenoxy) is 5. The molecule has 2 aromatic rings. The number of carboxylic acids is 1. The van der Waals surface area contributed by atoms with Crippen molar-refractivity contribution in [3.63, 3.8) is 0 Å². The van der Waals surface area contributed by atoms with Gasteiger partial charge >= 0.3 is 5.97 Å². The van der Waals surface area contributed by atoms with Crippen LogP contribution in [0.4, 0.5) is 5.95 Å². The van der Waals surface area contributed by atoms with Crippen molar-refractivity contribution in [1.29, 1.82) is 0 Å². The molecule has 0 saturated carbocycles. The molecule has 1 heterocycles. The van der Waals surface area contributed by atoms with Crippen molar-refractivity contribution in [2.45, 2.75) is 11.8 Å². The van der Waals surface area contributed by atoms with Gasteiger partial charge in [-0.3, -0.25) is 9.59 Å². The number of nitrogens with zero attached hydrogens (tertiary/aromatic N) is 2. The Morgan fingerprint density at radius 1 is 0.857 bits per heavy atom. The second-order valence-corrected chi connectivity index (χ2v) is 9.82. The molecule has 1 aromatic heterocycles. The summed E-state index contributed by atoms with van der Waals surface area (Å²) in [6.07, 6.45) is 2.39. The Kier molecular flexibility index (Phi) is 15.7. The fourth-order valence-electron chi connectivity index (χ4n) is 2.99. The lowest BCUT2D eigenvalue weighted by atomic mass is 10.3. The fraction of sp³-hybridized carbons (Fsp3) is 0.480. The van der Waals surface area contributed by atoms with Crippen molar-refractivity contribution in [2.75, 3.05) is 77.3 Å². The first-order chi connectivity index (χ1) is 20.2. The first-order valence-corrected chi connectivity index (χ1v) is 14.3. The maximum absolute atomic E-state index is 12.6. The molecule has 2 rings (SSSR count). The van der Waals surface area contributed by atoms with Gasteiger partial charge in [0, 0.05) is 31.5 Å². The number of aliphatic carboxylic acids is 1. The Hall–Kier alpha value is -3.90. The van der Waals surface area contributed by atoms with Crippen LogP contribution in [-0.2, 0) is 38.6 Å². The molecule has 232 valence electrons. The highest BCUT2D eigenvalue weighted by atomic mass is 32.2. The zero-order valence-electron chi connectivity index (χ0n) is 23.1. The molecule has 16 nitrogen and oxygen atoms in total. The molecule has 4 N–H and O–H groups in total. The maximum Gasteiger partial charge on any atom is 0.329 e. The number of nitrogens with one attached hydrogen (secondary N) is 3. The SMILES string of the molecule is CCOc1cccc(S(=O)(=O)Nc2ncc(C(=O)NCCOCCOCC(=O)NCCOCCOCC(=O)O)cn2)c1. The average Bonchev–Trinajstić information content (AvgIpc) is 2.96. The van der Waals surface area contributed by atoms with Gasteiger partial charge in [0.1, 0.15) is 19.0 Å². The molecule has 0 radical (unpaired) electrons. The summed E-state index contributed by atoms with van der Waals surface area (Å²) in [6.45, 7) is 3.25. The number of aromatic nitrogens is 2. The topological polar surface area (TPSA) is 214 Å². The lowest BCUT2D eigenvalue weighted by Crippen LogP contribution is -2.31. The van der Waals surface area contributed by atoms with Gasteiger partial charge in [-0.25, -0.2) is 27.9 Å². The van der Waals surface area contributed by atoms with E-state index in [0.717, 1.165) is 0 Å². The quantitative estimate of drug-likeness (QED) is 0.125. The fourth-order valence-corrected chi connectivity index (χ4v) is 3.98. The number of hydrogen-bond acceptors (Lipinski definition) is 12. The molecule has 0 atom stereocenters. The summed E-state index contributed by atoms with van der Waals surface area (Å²) in [7, 11) is -3.96. The van der Waals surface area contributed by atoms with E-state index >= 15 is 0 Å². The third-order valence-electron chi connectivity index (χ3n) is 4.87. The molecule has 1 aromatic carbocycles. The Bertz CT molecular complexity index is 1230. The first-order valence-electron chi connectivity index (χ1n) is 12.9. The average molecular weight is 614 g/mol. The summed E-state index contributed by atoms with van der Waals surface area (Å²) in [5.41, 5.74) is 0.127. The highest BCUT2D eigenvalue weighted by Crippen LogP contribution is 2.19. The van der Waals surface area contributed by atoms with Crippen LogP contribution in [0, 0.1) is 0 Å². The Morgan fingerprint density at radius 2 is 1.48 bits per heavy atom. The number of benzene rings is 1. The normalized spacial score (nSPS) is 11.1. The molecule has 0 aliphatic carbocycles. The van der Waals surface area contributed by atoms with Gasteiger partial charge in [-0.2, -0.15) is 0 Å². The Labute approximate surface area is 243 Å². The predicted octanol–water partition coefficient (Wildman–Crippen LogP) is -0.327. The maximum atomic E-state index is 12.6. The molecule has 42 heavy (non-hydrogen) atoms. The van der Waals surface area contributed by atoms with Crippen LogP contribution in [0.15, 0.2) is 41.6 Å². The summed E-state index contributed by atoms with van der Waals surface area (Å²) >= 11 is 0. The third-order valence-corrected chi connectivity index (χ3v) is 6.20. The molecule has 0 fully saturated rings. The number of sulfonamides is 1. The molecule has 0 unspecified atom stereocenters. The van der Waals surface area contributed by atoms with Crippen LogP contribution in [0.25, 0.3) is 0 Å². The highest BCUT2D eigenvalue weighted by Gasteiger charge is 2.17. The smallest absolute Gasteiger partial charge is 0.329 e. The zero-order chi connectivity index (χ0) is 30.6. The lowest BCUT2D eigenvalue weighted by Gasteiger charge is -2.09. The van der Waals surface area contributed by atoms with Crippen molar-refractivity contribution in [1.82, 2.24) is 20.6 Å². The minimum absolute atomic E-state index is 0.0198. The van der Waals surface area contributed by atoms with E-state index in [2.05, 4.69) is 25.3 Å². The van der Waals surface area contributed by atoms with Gasteiger partial charge in [0.2, 0.25) is 11.9 Å². The molecular formula is C25H35N5O11S. The molecule has 0 aliphatic heterocycles. The third kappa shape index (κ3) is 14.1. The second-order valence-electron chi connectivity index (χ2n) is 8.14. The number of anilines is 1. The minimum Gasteiger partial charge on any atom is -0.494 e. The van der Waals surface area contributed by atoms with E-state index in [1.54, 1.807) is 19.1 Å². The molecular weight excluding hydrogens is 578 g/mol. The van der Waals surface area contributed by atoms with Gasteiger partial charge in [0.15, 0.2) is 0 Å². The van der Waals surface area contributed by atoms with Crippen LogP contribution < -0.4 is 20.1 Å². The van der Waals surface area contributed by atoms with Gasteiger partial charge < -0.3 is 39.4 Å². The number of carbonyl (C=O) groups excluding carboxylic acids is 2. The summed E-state index contributed by atoms with van der Waals surface area (Å²) in [5, 5.41) is 13.6. The molecule has 0 spiro atoms. The zero-order valence-corrected chi connectivity index (χ0v) is 23.9. The van der Waals surface area contributed by atoms with E-state index in [4.69, 9.17) is 28.8 Å². The number of carboxylic acid groups (broad SMARTS) is 1. The van der Waals surface area contributed by atoms with Crippen LogP contribution in [0.2, 0.25) is 0 Å². The van der Waals surface area contributed by atoms with Crippen molar-refractivity contribution in [2.24, 2.45) is 0 Å². The van der Waals surface area contributed by atoms with Gasteiger partial charge in [-0.05, 0) is 19.1 Å². The van der Waals surface area contributed by atoms with E-state index in [-0.39, 0.29) is 88.3 Å². The monoisotopic (exact) mass is 613 g/mol. The minimum atomic E-state index is -3.96. The molecule has 0 bridgehead atoms. The van der Waals surface area contributed by atoms with Crippen LogP contribution in [-0.4, -0.2) is 114 Å². The van der Waals surface area contributed by atoms with Crippen LogP contribution in [0.5, 0.6) is 5.75 Å². The van der Waals surface area contributed by atoms with E-state index in [1.807, 2.05) is 0 Å². The Morgan fingerprint density at radius 3 is 2.12 bits per heavy atom. The highest BCUT2D eigenvalue weighted by molar-refractivity contribution is 7.92. The molecule has 2 amide bonds. The van der Waals surface area contributed by atoms with Crippen LogP contribution in [0.3, 0.4) is 0 Å². The van der Waals surface area contributed by atoms with Crippen molar-refractivity contribution >= 4 is 33.8 Å². The van der Waals surface area contributed by atoms with Crippen molar-refractivity contribution in [3.05, 3.63) is 42.2 Å². The van der Waals surface area contributed by atoms with Gasteiger partial charge in [-0.1, -0.05) is 6.07 Å². The number of carbonyl (C=O) groups is 3. The summed E-state index contributed by atoms with van der Waals surface area (Å²) in [4.78, 5) is 42.0. The lowest BCUT2D eigenvalue weighted by molar-refractivity contribution is -0.142. The number of rotatable bonds is 22.